The van der Waals surface area contributed by atoms with Crippen LogP contribution in [-0.4, -0.2) is 42.3 Å². The molecule has 1 saturated carbocycles. The van der Waals surface area contributed by atoms with Crippen LogP contribution in [0.1, 0.15) is 46.5 Å². The molecule has 0 heterocycles. The summed E-state index contributed by atoms with van der Waals surface area (Å²) in [5, 5.41) is 18.0. The van der Waals surface area contributed by atoms with Crippen molar-refractivity contribution in [3.8, 4) is 0 Å². The van der Waals surface area contributed by atoms with E-state index in [1.165, 1.54) is 7.05 Å². The second-order valence-electron chi connectivity index (χ2n) is 6.56. The van der Waals surface area contributed by atoms with Crippen LogP contribution in [0.25, 0.3) is 0 Å². The maximum Gasteiger partial charge on any atom is 0.321 e. The van der Waals surface area contributed by atoms with E-state index in [0.29, 0.717) is 6.54 Å². The molecule has 3 amide bonds. The van der Waals surface area contributed by atoms with Gasteiger partial charge in [0.15, 0.2) is 0 Å². The van der Waals surface area contributed by atoms with Crippen LogP contribution in [-0.2, 0) is 4.79 Å². The zero-order chi connectivity index (χ0) is 15.4. The summed E-state index contributed by atoms with van der Waals surface area (Å²) in [6.45, 7) is 6.46. The van der Waals surface area contributed by atoms with Gasteiger partial charge in [-0.15, -0.1) is 0 Å². The van der Waals surface area contributed by atoms with Crippen molar-refractivity contribution in [2.75, 3.05) is 13.6 Å². The molecule has 20 heavy (non-hydrogen) atoms. The van der Waals surface area contributed by atoms with Gasteiger partial charge < -0.3 is 15.7 Å². The number of amides is 3. The summed E-state index contributed by atoms with van der Waals surface area (Å²) in [7, 11) is 1.45. The number of carbonyl (C=O) groups is 2. The summed E-state index contributed by atoms with van der Waals surface area (Å²) in [5.74, 6) is -0.399. The van der Waals surface area contributed by atoms with E-state index < -0.39 is 23.6 Å². The van der Waals surface area contributed by atoms with Gasteiger partial charge in [-0.3, -0.25) is 10.1 Å². The molecule has 4 N–H and O–H groups in total. The lowest BCUT2D eigenvalue weighted by atomic mass is 9.71. The summed E-state index contributed by atoms with van der Waals surface area (Å²) in [4.78, 5) is 22.7. The average molecular weight is 285 g/mol. The maximum atomic E-state index is 11.7. The summed E-state index contributed by atoms with van der Waals surface area (Å²) < 4.78 is 0. The topological polar surface area (TPSA) is 90.5 Å². The molecule has 1 rings (SSSR count). The number of imide groups is 1. The quantitative estimate of drug-likeness (QED) is 0.613. The molecule has 1 aliphatic rings. The number of nitrogens with one attached hydrogen (secondary N) is 3. The lowest BCUT2D eigenvalue weighted by molar-refractivity contribution is -0.122. The molecule has 116 valence electrons. The van der Waals surface area contributed by atoms with Crippen LogP contribution in [0.15, 0.2) is 0 Å². The van der Waals surface area contributed by atoms with E-state index >= 15 is 0 Å². The van der Waals surface area contributed by atoms with Gasteiger partial charge in [-0.25, -0.2) is 4.79 Å². The largest absolute Gasteiger partial charge is 0.389 e. The van der Waals surface area contributed by atoms with Crippen molar-refractivity contribution >= 4 is 11.9 Å². The Balaban J connectivity index is 2.39. The Morgan fingerprint density at radius 1 is 1.20 bits per heavy atom. The van der Waals surface area contributed by atoms with Gasteiger partial charge in [0.1, 0.15) is 0 Å². The minimum absolute atomic E-state index is 0.286. The first-order valence-electron chi connectivity index (χ1n) is 7.16. The lowest BCUT2D eigenvalue weighted by Gasteiger charge is -2.40. The molecule has 1 fully saturated rings. The molecule has 0 aromatic carbocycles. The van der Waals surface area contributed by atoms with Gasteiger partial charge >= 0.3 is 6.03 Å². The zero-order valence-corrected chi connectivity index (χ0v) is 12.9. The summed E-state index contributed by atoms with van der Waals surface area (Å²) >= 11 is 0. The molecule has 1 atom stereocenters. The molecule has 6 heteroatoms. The minimum atomic E-state index is -0.753. The van der Waals surface area contributed by atoms with Gasteiger partial charge in [0.25, 0.3) is 0 Å². The van der Waals surface area contributed by atoms with Crippen molar-refractivity contribution < 1.29 is 14.7 Å². The molecular formula is C14H27N3O3. The molecule has 0 aliphatic heterocycles. The molecule has 0 radical (unpaired) electrons. The van der Waals surface area contributed by atoms with Crippen molar-refractivity contribution in [1.29, 1.82) is 0 Å². The van der Waals surface area contributed by atoms with Crippen LogP contribution in [0.4, 0.5) is 4.79 Å². The lowest BCUT2D eigenvalue weighted by Crippen LogP contribution is -2.52. The van der Waals surface area contributed by atoms with Crippen LogP contribution >= 0.6 is 0 Å². The zero-order valence-electron chi connectivity index (χ0n) is 12.9. The van der Waals surface area contributed by atoms with E-state index in [0.717, 1.165) is 25.7 Å². The molecule has 0 bridgehead atoms. The SMILES string of the molecule is CNC(=O)NC(=O)C(C)NCC1(O)CCC(C)(C)CC1. The van der Waals surface area contributed by atoms with E-state index in [2.05, 4.69) is 29.8 Å². The van der Waals surface area contributed by atoms with Crippen molar-refractivity contribution in [2.24, 2.45) is 5.41 Å². The normalized spacial score (nSPS) is 21.9. The predicted octanol–water partition coefficient (Wildman–Crippen LogP) is 0.751. The first-order chi connectivity index (χ1) is 9.17. The second-order valence-corrected chi connectivity index (χ2v) is 6.56. The van der Waals surface area contributed by atoms with Crippen LogP contribution in [0.5, 0.6) is 0 Å². The Kier molecular flexibility index (Phi) is 5.53. The number of carbonyl (C=O) groups excluding carboxylic acids is 2. The molecule has 1 unspecified atom stereocenters. The molecule has 0 spiro atoms. The highest BCUT2D eigenvalue weighted by Crippen LogP contribution is 2.39. The minimum Gasteiger partial charge on any atom is -0.389 e. The van der Waals surface area contributed by atoms with Crippen LogP contribution in [0, 0.1) is 5.41 Å². The third kappa shape index (κ3) is 5.09. The third-order valence-electron chi connectivity index (χ3n) is 4.13. The Morgan fingerprint density at radius 3 is 2.25 bits per heavy atom. The summed E-state index contributed by atoms with van der Waals surface area (Å²) in [5.41, 5.74) is -0.467. The van der Waals surface area contributed by atoms with E-state index in [1.54, 1.807) is 6.92 Å². The predicted molar refractivity (Wildman–Crippen MR) is 77.3 cm³/mol. The molecular weight excluding hydrogens is 258 g/mol. The van der Waals surface area contributed by atoms with E-state index in [4.69, 9.17) is 0 Å². The van der Waals surface area contributed by atoms with Crippen LogP contribution in [0.2, 0.25) is 0 Å². The number of rotatable bonds is 4. The summed E-state index contributed by atoms with van der Waals surface area (Å²) in [6.07, 6.45) is 3.42. The van der Waals surface area contributed by atoms with Crippen molar-refractivity contribution in [3.05, 3.63) is 0 Å². The highest BCUT2D eigenvalue weighted by atomic mass is 16.3. The Bertz CT molecular complexity index is 359. The maximum absolute atomic E-state index is 11.7. The van der Waals surface area contributed by atoms with Gasteiger partial charge in [-0.1, -0.05) is 13.8 Å². The van der Waals surface area contributed by atoms with Crippen molar-refractivity contribution in [1.82, 2.24) is 16.0 Å². The van der Waals surface area contributed by atoms with Crippen molar-refractivity contribution in [3.63, 3.8) is 0 Å². The van der Waals surface area contributed by atoms with Gasteiger partial charge in [-0.2, -0.15) is 0 Å². The second kappa shape index (κ2) is 6.54. The van der Waals surface area contributed by atoms with Gasteiger partial charge in [0, 0.05) is 13.6 Å². The van der Waals surface area contributed by atoms with E-state index in [-0.39, 0.29) is 5.41 Å². The van der Waals surface area contributed by atoms with Crippen LogP contribution in [0.3, 0.4) is 0 Å². The molecule has 6 nitrogen and oxygen atoms in total. The molecule has 0 aromatic rings. The summed E-state index contributed by atoms with van der Waals surface area (Å²) in [6, 6.07) is -1.05. The Morgan fingerprint density at radius 2 is 1.75 bits per heavy atom. The number of hydrogen-bond acceptors (Lipinski definition) is 4. The van der Waals surface area contributed by atoms with Gasteiger partial charge in [0.05, 0.1) is 11.6 Å². The van der Waals surface area contributed by atoms with E-state index in [1.807, 2.05) is 0 Å². The molecule has 0 saturated heterocycles. The monoisotopic (exact) mass is 285 g/mol. The molecule has 1 aliphatic carbocycles. The third-order valence-corrected chi connectivity index (χ3v) is 4.13. The van der Waals surface area contributed by atoms with Gasteiger partial charge in [0.2, 0.25) is 5.91 Å². The van der Waals surface area contributed by atoms with Gasteiger partial charge in [-0.05, 0) is 38.0 Å². The first kappa shape index (κ1) is 16.9. The highest BCUT2D eigenvalue weighted by Gasteiger charge is 2.36. The fourth-order valence-corrected chi connectivity index (χ4v) is 2.29. The van der Waals surface area contributed by atoms with Crippen LogP contribution < -0.4 is 16.0 Å². The standard InChI is InChI=1S/C14H27N3O3/c1-10(11(18)17-12(19)15-4)16-9-14(20)7-5-13(2,3)6-8-14/h10,16,20H,5-9H2,1-4H3,(H2,15,17,18,19). The Hall–Kier alpha value is -1.14. The number of hydrogen-bond donors (Lipinski definition) is 4. The number of aliphatic hydroxyl groups is 1. The van der Waals surface area contributed by atoms with E-state index in [9.17, 15) is 14.7 Å². The smallest absolute Gasteiger partial charge is 0.321 e. The highest BCUT2D eigenvalue weighted by molar-refractivity contribution is 5.96. The average Bonchev–Trinajstić information content (AvgIpc) is 2.40. The number of urea groups is 1. The fraction of sp³-hybridized carbons (Fsp3) is 0.857. The Labute approximate surface area is 120 Å². The first-order valence-corrected chi connectivity index (χ1v) is 7.16. The fourth-order valence-electron chi connectivity index (χ4n) is 2.29. The van der Waals surface area contributed by atoms with Crippen molar-refractivity contribution in [2.45, 2.75) is 58.1 Å². The molecule has 0 aromatic heterocycles.